The van der Waals surface area contributed by atoms with Gasteiger partial charge < -0.3 is 4.57 Å². The van der Waals surface area contributed by atoms with E-state index in [0.29, 0.717) is 0 Å². The number of hydrogen-bond donors (Lipinski definition) is 0. The summed E-state index contributed by atoms with van der Waals surface area (Å²) in [5.74, 6) is 0. The van der Waals surface area contributed by atoms with E-state index in [-0.39, 0.29) is 0 Å². The molecule has 0 unspecified atom stereocenters. The quantitative estimate of drug-likeness (QED) is 0.458. The molecule has 0 saturated heterocycles. The van der Waals surface area contributed by atoms with Crippen molar-refractivity contribution in [2.75, 3.05) is 0 Å². The lowest BCUT2D eigenvalue weighted by Gasteiger charge is -2.01. The second kappa shape index (κ2) is 3.13. The third kappa shape index (κ3) is 1.06. The Labute approximate surface area is 104 Å². The Hall–Kier alpha value is -2.29. The molecule has 4 rings (SSSR count). The van der Waals surface area contributed by atoms with Crippen molar-refractivity contribution in [2.45, 2.75) is 6.92 Å². The molecule has 0 fully saturated rings. The molecule has 0 bridgehead atoms. The molecule has 18 heavy (non-hydrogen) atoms. The largest absolute Gasteiger partial charge is 0.328 e. The highest BCUT2D eigenvalue weighted by Gasteiger charge is 2.13. The normalized spacial score (nSPS) is 11.9. The van der Waals surface area contributed by atoms with E-state index in [4.69, 9.17) is 4.98 Å². The Morgan fingerprint density at radius 2 is 1.89 bits per heavy atom. The van der Waals surface area contributed by atoms with Crippen LogP contribution in [0, 0.1) is 6.92 Å². The molecule has 4 aromatic rings. The number of aryl methyl sites for hydroxylation is 2. The Balaban J connectivity index is 2.35. The molecule has 3 aromatic heterocycles. The number of benzene rings is 1. The molecule has 3 heteroatoms. The van der Waals surface area contributed by atoms with E-state index in [9.17, 15) is 0 Å². The third-order valence-electron chi connectivity index (χ3n) is 3.58. The number of nitrogens with zero attached hydrogens (tertiary/aromatic N) is 3. The first-order chi connectivity index (χ1) is 8.75. The zero-order chi connectivity index (χ0) is 12.3. The third-order valence-corrected chi connectivity index (χ3v) is 3.58. The second-order valence-corrected chi connectivity index (χ2v) is 4.79. The fourth-order valence-electron chi connectivity index (χ4n) is 2.72. The number of hydrogen-bond acceptors (Lipinski definition) is 1. The Kier molecular flexibility index (Phi) is 1.69. The Morgan fingerprint density at radius 1 is 1.06 bits per heavy atom. The molecule has 0 spiro atoms. The average Bonchev–Trinajstić information content (AvgIpc) is 2.87. The van der Waals surface area contributed by atoms with Crippen LogP contribution >= 0.6 is 0 Å². The Bertz CT molecular complexity index is 896. The topological polar surface area (TPSA) is 22.2 Å². The van der Waals surface area contributed by atoms with E-state index in [0.717, 1.165) is 16.8 Å². The zero-order valence-electron chi connectivity index (χ0n) is 10.4. The van der Waals surface area contributed by atoms with Crippen LogP contribution in [0.1, 0.15) is 5.56 Å². The van der Waals surface area contributed by atoms with Gasteiger partial charge in [-0.3, -0.25) is 4.40 Å². The summed E-state index contributed by atoms with van der Waals surface area (Å²) in [7, 11) is 2.10. The van der Waals surface area contributed by atoms with Gasteiger partial charge >= 0.3 is 0 Å². The molecule has 0 radical (unpaired) electrons. The van der Waals surface area contributed by atoms with Crippen molar-refractivity contribution in [3.05, 3.63) is 48.2 Å². The molecule has 1 aromatic carbocycles. The van der Waals surface area contributed by atoms with Crippen LogP contribution in [0.5, 0.6) is 0 Å². The molecular formula is C15H13N3. The van der Waals surface area contributed by atoms with Crippen molar-refractivity contribution >= 4 is 27.7 Å². The number of imidazole rings is 1. The minimum absolute atomic E-state index is 1.01. The van der Waals surface area contributed by atoms with E-state index in [1.54, 1.807) is 0 Å². The molecule has 0 aliphatic heterocycles. The number of para-hydroxylation sites is 1. The standard InChI is InChI=1S/C15H13N3/c1-10-7-8-13-16-14-11-5-3-4-6-12(11)17(2)15(14)18(13)9-10/h3-9H,1-2H3. The number of aromatic nitrogens is 3. The van der Waals surface area contributed by atoms with Crippen LogP contribution in [0.3, 0.4) is 0 Å². The second-order valence-electron chi connectivity index (χ2n) is 4.79. The van der Waals surface area contributed by atoms with Crippen molar-refractivity contribution in [1.29, 1.82) is 0 Å². The van der Waals surface area contributed by atoms with Crippen LogP contribution in [-0.4, -0.2) is 14.0 Å². The first-order valence-electron chi connectivity index (χ1n) is 6.07. The lowest BCUT2D eigenvalue weighted by molar-refractivity contribution is 0.972. The lowest BCUT2D eigenvalue weighted by atomic mass is 10.2. The van der Waals surface area contributed by atoms with Crippen LogP contribution in [0.25, 0.3) is 27.7 Å². The summed E-state index contributed by atoms with van der Waals surface area (Å²) >= 11 is 0. The maximum atomic E-state index is 4.75. The first kappa shape index (κ1) is 9.71. The van der Waals surface area contributed by atoms with Gasteiger partial charge in [0.1, 0.15) is 16.8 Å². The highest BCUT2D eigenvalue weighted by molar-refractivity contribution is 6.05. The van der Waals surface area contributed by atoms with Crippen molar-refractivity contribution in [2.24, 2.45) is 7.05 Å². The summed E-state index contributed by atoms with van der Waals surface area (Å²) in [6, 6.07) is 12.6. The highest BCUT2D eigenvalue weighted by atomic mass is 15.1. The number of pyridine rings is 1. The minimum Gasteiger partial charge on any atom is -0.328 e. The van der Waals surface area contributed by atoms with Crippen molar-refractivity contribution in [3.63, 3.8) is 0 Å². The smallest absolute Gasteiger partial charge is 0.145 e. The van der Waals surface area contributed by atoms with Crippen LogP contribution in [0.2, 0.25) is 0 Å². The minimum atomic E-state index is 1.01. The van der Waals surface area contributed by atoms with Gasteiger partial charge in [-0.05, 0) is 24.6 Å². The average molecular weight is 235 g/mol. The molecule has 0 amide bonds. The van der Waals surface area contributed by atoms with Gasteiger partial charge in [0.15, 0.2) is 0 Å². The van der Waals surface area contributed by atoms with E-state index in [2.05, 4.69) is 65.5 Å². The summed E-state index contributed by atoms with van der Waals surface area (Å²) in [4.78, 5) is 4.75. The van der Waals surface area contributed by atoms with E-state index >= 15 is 0 Å². The fraction of sp³-hybridized carbons (Fsp3) is 0.133. The predicted octanol–water partition coefficient (Wildman–Crippen LogP) is 3.29. The van der Waals surface area contributed by atoms with Crippen LogP contribution in [0.15, 0.2) is 42.6 Å². The van der Waals surface area contributed by atoms with E-state index < -0.39 is 0 Å². The van der Waals surface area contributed by atoms with Crippen molar-refractivity contribution < 1.29 is 0 Å². The lowest BCUT2D eigenvalue weighted by Crippen LogP contribution is -1.93. The summed E-state index contributed by atoms with van der Waals surface area (Å²) in [5, 5.41) is 1.22. The van der Waals surface area contributed by atoms with Gasteiger partial charge in [0.2, 0.25) is 0 Å². The van der Waals surface area contributed by atoms with Gasteiger partial charge in [0.05, 0.1) is 5.52 Å². The molecule has 0 aliphatic rings. The van der Waals surface area contributed by atoms with E-state index in [1.807, 2.05) is 0 Å². The maximum absolute atomic E-state index is 4.75. The molecule has 0 N–H and O–H groups in total. The summed E-state index contributed by atoms with van der Waals surface area (Å²) < 4.78 is 4.38. The van der Waals surface area contributed by atoms with Gasteiger partial charge in [-0.1, -0.05) is 24.3 Å². The van der Waals surface area contributed by atoms with Gasteiger partial charge in [-0.25, -0.2) is 4.98 Å². The predicted molar refractivity (Wildman–Crippen MR) is 73.9 cm³/mol. The van der Waals surface area contributed by atoms with Gasteiger partial charge in [-0.2, -0.15) is 0 Å². The zero-order valence-corrected chi connectivity index (χ0v) is 10.4. The van der Waals surface area contributed by atoms with Crippen LogP contribution in [-0.2, 0) is 7.05 Å². The first-order valence-corrected chi connectivity index (χ1v) is 6.07. The van der Waals surface area contributed by atoms with Gasteiger partial charge in [0, 0.05) is 18.6 Å². The molecular weight excluding hydrogens is 222 g/mol. The van der Waals surface area contributed by atoms with Crippen molar-refractivity contribution in [3.8, 4) is 0 Å². The number of fused-ring (bicyclic) bond motifs is 5. The van der Waals surface area contributed by atoms with Crippen LogP contribution in [0.4, 0.5) is 0 Å². The monoisotopic (exact) mass is 235 g/mol. The molecule has 3 nitrogen and oxygen atoms in total. The fourth-order valence-corrected chi connectivity index (χ4v) is 2.72. The summed E-state index contributed by atoms with van der Waals surface area (Å²) in [5.41, 5.74) is 5.72. The molecule has 0 aliphatic carbocycles. The maximum Gasteiger partial charge on any atom is 0.145 e. The van der Waals surface area contributed by atoms with E-state index in [1.165, 1.54) is 16.5 Å². The summed E-state index contributed by atoms with van der Waals surface area (Å²) in [6.07, 6.45) is 2.14. The van der Waals surface area contributed by atoms with Gasteiger partial charge in [0.25, 0.3) is 0 Å². The molecule has 88 valence electrons. The highest BCUT2D eigenvalue weighted by Crippen LogP contribution is 2.28. The van der Waals surface area contributed by atoms with Crippen molar-refractivity contribution in [1.82, 2.24) is 14.0 Å². The number of rotatable bonds is 0. The Morgan fingerprint density at radius 3 is 2.78 bits per heavy atom. The molecule has 3 heterocycles. The molecule has 0 saturated carbocycles. The molecule has 0 atom stereocenters. The van der Waals surface area contributed by atoms with Gasteiger partial charge in [-0.15, -0.1) is 0 Å². The van der Waals surface area contributed by atoms with Crippen LogP contribution < -0.4 is 0 Å². The summed E-state index contributed by atoms with van der Waals surface area (Å²) in [6.45, 7) is 2.11. The SMILES string of the molecule is Cc1ccc2nc3c4ccccc4n(C)c3n2c1.